The van der Waals surface area contributed by atoms with E-state index in [0.29, 0.717) is 19.0 Å². The number of amides is 1. The Hall–Kier alpha value is -3.29. The van der Waals surface area contributed by atoms with Crippen LogP contribution < -0.4 is 10.1 Å². The Morgan fingerprint density at radius 1 is 1.19 bits per heavy atom. The lowest BCUT2D eigenvalue weighted by Crippen LogP contribution is -2.33. The maximum Gasteiger partial charge on any atom is 0.258 e. The van der Waals surface area contributed by atoms with Crippen LogP contribution in [0.15, 0.2) is 61.2 Å². The minimum atomic E-state index is -0.853. The molecule has 0 aliphatic carbocycles. The number of ether oxygens (including phenoxy) is 1. The molecule has 0 aliphatic rings. The minimum absolute atomic E-state index is 0.176. The number of hydrogen-bond donors (Lipinski definition) is 1. The molecule has 0 bridgehead atoms. The second-order valence-corrected chi connectivity index (χ2v) is 5.84. The largest absolute Gasteiger partial charge is 0.481 e. The Morgan fingerprint density at radius 2 is 2.00 bits per heavy atom. The van der Waals surface area contributed by atoms with Crippen molar-refractivity contribution in [1.82, 2.24) is 20.1 Å². The molecule has 6 nitrogen and oxygen atoms in total. The summed E-state index contributed by atoms with van der Waals surface area (Å²) in [5.41, 5.74) is 0.930. The highest BCUT2D eigenvalue weighted by molar-refractivity contribution is 5.78. The highest BCUT2D eigenvalue weighted by Gasteiger charge is 2.16. The molecule has 0 spiro atoms. The van der Waals surface area contributed by atoms with Crippen LogP contribution in [-0.4, -0.2) is 27.3 Å². The summed E-state index contributed by atoms with van der Waals surface area (Å²) >= 11 is 0. The minimum Gasteiger partial charge on any atom is -0.481 e. The van der Waals surface area contributed by atoms with Crippen molar-refractivity contribution in [3.63, 3.8) is 0 Å². The number of aromatic nitrogens is 3. The average Bonchev–Trinajstić information content (AvgIpc) is 3.18. The zero-order valence-corrected chi connectivity index (χ0v) is 14.4. The van der Waals surface area contributed by atoms with Gasteiger partial charge in [0.2, 0.25) is 0 Å². The summed E-state index contributed by atoms with van der Waals surface area (Å²) in [4.78, 5) is 16.2. The second-order valence-electron chi connectivity index (χ2n) is 5.84. The van der Waals surface area contributed by atoms with Crippen molar-refractivity contribution in [1.29, 1.82) is 0 Å². The lowest BCUT2D eigenvalue weighted by molar-refractivity contribution is -0.124. The number of benzene rings is 2. The maximum atomic E-state index is 13.6. The first-order valence-corrected chi connectivity index (χ1v) is 8.36. The molecule has 8 heteroatoms. The van der Waals surface area contributed by atoms with Crippen molar-refractivity contribution in [2.75, 3.05) is 6.61 Å². The van der Waals surface area contributed by atoms with E-state index in [-0.39, 0.29) is 18.4 Å². The van der Waals surface area contributed by atoms with Crippen LogP contribution in [0.25, 0.3) is 0 Å². The summed E-state index contributed by atoms with van der Waals surface area (Å²) in [6.07, 6.45) is 3.63. The van der Waals surface area contributed by atoms with Crippen LogP contribution in [0.3, 0.4) is 0 Å². The molecular weight excluding hydrogens is 354 g/mol. The molecule has 3 aromatic rings. The van der Waals surface area contributed by atoms with Crippen LogP contribution in [0.2, 0.25) is 0 Å². The topological polar surface area (TPSA) is 69.0 Å². The fraction of sp³-hybridized carbons (Fsp3) is 0.211. The number of aryl methyl sites for hydroxylation is 1. The third kappa shape index (κ3) is 5.34. The third-order valence-corrected chi connectivity index (χ3v) is 3.90. The molecule has 1 heterocycles. The van der Waals surface area contributed by atoms with E-state index >= 15 is 0 Å². The van der Waals surface area contributed by atoms with Crippen LogP contribution in [0.4, 0.5) is 8.78 Å². The molecular formula is C19H18F2N4O2. The van der Waals surface area contributed by atoms with E-state index in [9.17, 15) is 13.6 Å². The van der Waals surface area contributed by atoms with Crippen molar-refractivity contribution in [2.45, 2.75) is 19.0 Å². The first-order chi connectivity index (χ1) is 13.1. The zero-order chi connectivity index (χ0) is 19.1. The van der Waals surface area contributed by atoms with Crippen molar-refractivity contribution >= 4 is 5.91 Å². The fourth-order valence-electron chi connectivity index (χ4n) is 2.59. The highest BCUT2D eigenvalue weighted by atomic mass is 19.1. The quantitative estimate of drug-likeness (QED) is 0.660. The summed E-state index contributed by atoms with van der Waals surface area (Å²) in [7, 11) is 0. The van der Waals surface area contributed by atoms with Gasteiger partial charge in [0, 0.05) is 12.6 Å². The number of rotatable bonds is 8. The number of carbonyl (C=O) groups is 1. The maximum absolute atomic E-state index is 13.6. The van der Waals surface area contributed by atoms with E-state index in [1.807, 2.05) is 30.3 Å². The van der Waals surface area contributed by atoms with Gasteiger partial charge in [-0.25, -0.2) is 13.8 Å². The van der Waals surface area contributed by atoms with Crippen molar-refractivity contribution in [3.8, 4) is 5.75 Å². The molecule has 27 heavy (non-hydrogen) atoms. The summed E-state index contributed by atoms with van der Waals surface area (Å²) in [6, 6.07) is 12.1. The fourth-order valence-corrected chi connectivity index (χ4v) is 2.59. The summed E-state index contributed by atoms with van der Waals surface area (Å²) in [6.45, 7) is 0.183. The molecule has 0 fully saturated rings. The summed E-state index contributed by atoms with van der Waals surface area (Å²) in [5.74, 6) is -2.15. The van der Waals surface area contributed by atoms with Crippen LogP contribution in [0.1, 0.15) is 18.0 Å². The molecule has 1 amide bonds. The molecule has 2 aromatic carbocycles. The van der Waals surface area contributed by atoms with Crippen LogP contribution >= 0.6 is 0 Å². The molecule has 0 radical (unpaired) electrons. The first kappa shape index (κ1) is 18.5. The predicted octanol–water partition coefficient (Wildman–Crippen LogP) is 2.88. The molecule has 1 N–H and O–H groups in total. The molecule has 0 aliphatic heterocycles. The van der Waals surface area contributed by atoms with E-state index in [1.165, 1.54) is 6.33 Å². The van der Waals surface area contributed by atoms with E-state index in [0.717, 1.165) is 17.7 Å². The smallest absolute Gasteiger partial charge is 0.258 e. The van der Waals surface area contributed by atoms with Gasteiger partial charge in [-0.3, -0.25) is 9.48 Å². The van der Waals surface area contributed by atoms with Gasteiger partial charge in [-0.1, -0.05) is 30.3 Å². The van der Waals surface area contributed by atoms with Crippen LogP contribution in [0, 0.1) is 11.6 Å². The molecule has 0 saturated heterocycles. The average molecular weight is 372 g/mol. The van der Waals surface area contributed by atoms with E-state index in [4.69, 9.17) is 4.74 Å². The number of hydrogen-bond acceptors (Lipinski definition) is 4. The van der Waals surface area contributed by atoms with Crippen LogP contribution in [0.5, 0.6) is 5.75 Å². The van der Waals surface area contributed by atoms with Gasteiger partial charge in [-0.15, -0.1) is 0 Å². The Kier molecular flexibility index (Phi) is 6.09. The van der Waals surface area contributed by atoms with E-state index in [1.54, 1.807) is 11.0 Å². The lowest BCUT2D eigenvalue weighted by Gasteiger charge is -2.19. The molecule has 3 rings (SSSR count). The van der Waals surface area contributed by atoms with E-state index < -0.39 is 17.5 Å². The first-order valence-electron chi connectivity index (χ1n) is 8.36. The Bertz CT molecular complexity index is 873. The van der Waals surface area contributed by atoms with Crippen molar-refractivity contribution in [3.05, 3.63) is 78.4 Å². The highest BCUT2D eigenvalue weighted by Crippen LogP contribution is 2.19. The molecule has 1 atom stereocenters. The molecule has 0 unspecified atom stereocenters. The van der Waals surface area contributed by atoms with Gasteiger partial charge >= 0.3 is 0 Å². The number of carbonyl (C=O) groups excluding carboxylic acids is 1. The molecule has 140 valence electrons. The Morgan fingerprint density at radius 3 is 2.70 bits per heavy atom. The number of halogens is 2. The second kappa shape index (κ2) is 8.88. The normalized spacial score (nSPS) is 11.8. The van der Waals surface area contributed by atoms with Gasteiger partial charge in [0.05, 0.1) is 6.04 Å². The monoisotopic (exact) mass is 372 g/mol. The van der Waals surface area contributed by atoms with Gasteiger partial charge in [0.15, 0.2) is 18.2 Å². The van der Waals surface area contributed by atoms with Gasteiger partial charge in [0.1, 0.15) is 18.5 Å². The SMILES string of the molecule is O=C(COc1ccc(F)cc1F)N[C@H](CCn1cncn1)c1ccccc1. The van der Waals surface area contributed by atoms with Gasteiger partial charge in [-0.2, -0.15) is 5.10 Å². The van der Waals surface area contributed by atoms with Gasteiger partial charge in [-0.05, 0) is 24.1 Å². The van der Waals surface area contributed by atoms with Crippen molar-refractivity contribution in [2.24, 2.45) is 0 Å². The Labute approximate surface area is 154 Å². The van der Waals surface area contributed by atoms with Gasteiger partial charge in [0.25, 0.3) is 5.91 Å². The molecule has 0 saturated carbocycles. The van der Waals surface area contributed by atoms with Gasteiger partial charge < -0.3 is 10.1 Å². The molecule has 1 aromatic heterocycles. The van der Waals surface area contributed by atoms with E-state index in [2.05, 4.69) is 15.4 Å². The number of nitrogens with zero attached hydrogens (tertiary/aromatic N) is 3. The predicted molar refractivity (Wildman–Crippen MR) is 93.8 cm³/mol. The number of nitrogens with one attached hydrogen (secondary N) is 1. The third-order valence-electron chi connectivity index (χ3n) is 3.90. The van der Waals surface area contributed by atoms with Crippen molar-refractivity contribution < 1.29 is 18.3 Å². The summed E-state index contributed by atoms with van der Waals surface area (Å²) in [5, 5.41) is 6.92. The lowest BCUT2D eigenvalue weighted by atomic mass is 10.0. The van der Waals surface area contributed by atoms with Crippen LogP contribution in [-0.2, 0) is 11.3 Å². The Balaban J connectivity index is 1.61. The summed E-state index contributed by atoms with van der Waals surface area (Å²) < 4.78 is 33.3. The standard InChI is InChI=1S/C19H18F2N4O2/c20-15-6-7-18(16(21)10-15)27-11-19(26)24-17(14-4-2-1-3-5-14)8-9-25-13-22-12-23-25/h1-7,10,12-13,17H,8-9,11H2,(H,24,26)/t17-/m1/s1. The zero-order valence-electron chi connectivity index (χ0n) is 14.4.